The van der Waals surface area contributed by atoms with Crippen molar-refractivity contribution in [2.45, 2.75) is 57.2 Å². The van der Waals surface area contributed by atoms with Crippen LogP contribution in [0.1, 0.15) is 50.7 Å². The first-order valence-electron chi connectivity index (χ1n) is 7.54. The van der Waals surface area contributed by atoms with Gasteiger partial charge >= 0.3 is 0 Å². The molecule has 0 aromatic heterocycles. The van der Waals surface area contributed by atoms with Crippen molar-refractivity contribution < 1.29 is 4.21 Å². The fourth-order valence-electron chi connectivity index (χ4n) is 2.64. The summed E-state index contributed by atoms with van der Waals surface area (Å²) in [6.45, 7) is 9.15. The van der Waals surface area contributed by atoms with Crippen LogP contribution < -0.4 is 5.32 Å². The Kier molecular flexibility index (Phi) is 5.03. The first-order chi connectivity index (χ1) is 9.36. The van der Waals surface area contributed by atoms with Gasteiger partial charge < -0.3 is 5.32 Å². The van der Waals surface area contributed by atoms with Gasteiger partial charge in [0.25, 0.3) is 0 Å². The molecule has 0 unspecified atom stereocenters. The van der Waals surface area contributed by atoms with Crippen LogP contribution in [0.4, 0.5) is 0 Å². The average Bonchev–Trinajstić information content (AvgIpc) is 2.30. The normalized spacial score (nSPS) is 24.2. The molecule has 0 spiro atoms. The second-order valence-electron chi connectivity index (χ2n) is 6.90. The number of hydrogen-bond acceptors (Lipinski definition) is 2. The van der Waals surface area contributed by atoms with Crippen molar-refractivity contribution in [2.24, 2.45) is 0 Å². The fraction of sp³-hybridized carbons (Fsp3) is 0.647. The van der Waals surface area contributed by atoms with Crippen LogP contribution >= 0.6 is 0 Å². The third-order valence-electron chi connectivity index (χ3n) is 4.06. The molecule has 1 atom stereocenters. The second kappa shape index (κ2) is 6.40. The Labute approximate surface area is 125 Å². The van der Waals surface area contributed by atoms with Gasteiger partial charge in [-0.25, -0.2) is 0 Å². The van der Waals surface area contributed by atoms with Gasteiger partial charge in [0.15, 0.2) is 0 Å². The van der Waals surface area contributed by atoms with E-state index in [-0.39, 0.29) is 4.75 Å². The lowest BCUT2D eigenvalue weighted by Gasteiger charge is -2.36. The number of benzene rings is 1. The molecular formula is C17H27NOS. The van der Waals surface area contributed by atoms with Crippen LogP contribution in [0.2, 0.25) is 0 Å². The van der Waals surface area contributed by atoms with Crippen LogP contribution in [0.3, 0.4) is 0 Å². The summed E-state index contributed by atoms with van der Waals surface area (Å²) in [5, 5.41) is 3.54. The highest BCUT2D eigenvalue weighted by molar-refractivity contribution is 7.86. The molecule has 0 aliphatic heterocycles. The molecule has 0 heterocycles. The Morgan fingerprint density at radius 3 is 2.60 bits per heavy atom. The monoisotopic (exact) mass is 293 g/mol. The molecule has 112 valence electrons. The summed E-state index contributed by atoms with van der Waals surface area (Å²) in [4.78, 5) is 0. The number of rotatable bonds is 5. The Morgan fingerprint density at radius 1 is 1.30 bits per heavy atom. The molecule has 1 aromatic carbocycles. The van der Waals surface area contributed by atoms with Crippen LogP contribution in [0, 0.1) is 6.92 Å². The molecule has 0 radical (unpaired) electrons. The maximum atomic E-state index is 11.9. The lowest BCUT2D eigenvalue weighted by atomic mass is 9.75. The zero-order chi connectivity index (χ0) is 14.8. The predicted octanol–water partition coefficient (Wildman–Crippen LogP) is 3.38. The van der Waals surface area contributed by atoms with Gasteiger partial charge in [0.2, 0.25) is 0 Å². The Balaban J connectivity index is 1.69. The van der Waals surface area contributed by atoms with Gasteiger partial charge in [-0.1, -0.05) is 29.8 Å². The fourth-order valence-corrected chi connectivity index (χ4v) is 3.56. The van der Waals surface area contributed by atoms with Gasteiger partial charge in [-0.3, -0.25) is 4.21 Å². The molecule has 1 fully saturated rings. The zero-order valence-electron chi connectivity index (χ0n) is 13.1. The highest BCUT2D eigenvalue weighted by Crippen LogP contribution is 2.36. The van der Waals surface area contributed by atoms with Gasteiger partial charge in [-0.15, -0.1) is 0 Å². The van der Waals surface area contributed by atoms with E-state index >= 15 is 0 Å². The Morgan fingerprint density at radius 2 is 2.00 bits per heavy atom. The van der Waals surface area contributed by atoms with E-state index in [0.717, 1.165) is 12.3 Å². The summed E-state index contributed by atoms with van der Waals surface area (Å²) >= 11 is 0. The van der Waals surface area contributed by atoms with Gasteiger partial charge in [-0.05, 0) is 52.0 Å². The van der Waals surface area contributed by atoms with Crippen LogP contribution in [0.25, 0.3) is 0 Å². The molecular weight excluding hydrogens is 266 g/mol. The summed E-state index contributed by atoms with van der Waals surface area (Å²) < 4.78 is 11.9. The van der Waals surface area contributed by atoms with Crippen molar-refractivity contribution in [1.29, 1.82) is 0 Å². The zero-order valence-corrected chi connectivity index (χ0v) is 13.9. The van der Waals surface area contributed by atoms with Crippen molar-refractivity contribution >= 4 is 10.8 Å². The van der Waals surface area contributed by atoms with Gasteiger partial charge in [0.05, 0.1) is 0 Å². The van der Waals surface area contributed by atoms with Crippen LogP contribution in [-0.4, -0.2) is 27.3 Å². The minimum absolute atomic E-state index is 0.0919. The molecule has 2 rings (SSSR count). The molecule has 1 saturated carbocycles. The summed E-state index contributed by atoms with van der Waals surface area (Å²) in [5.74, 6) is 1.47. The van der Waals surface area contributed by atoms with E-state index in [1.807, 2.05) is 20.8 Å². The average molecular weight is 293 g/mol. The van der Waals surface area contributed by atoms with Crippen molar-refractivity contribution in [3.8, 4) is 0 Å². The minimum Gasteiger partial charge on any atom is -0.313 e. The Bertz CT molecular complexity index is 472. The van der Waals surface area contributed by atoms with Gasteiger partial charge in [0.1, 0.15) is 0 Å². The number of nitrogens with one attached hydrogen (secondary N) is 1. The third kappa shape index (κ3) is 4.16. The van der Waals surface area contributed by atoms with E-state index < -0.39 is 10.8 Å². The molecule has 1 aliphatic carbocycles. The summed E-state index contributed by atoms with van der Waals surface area (Å²) in [7, 11) is -0.742. The minimum atomic E-state index is -0.742. The molecule has 20 heavy (non-hydrogen) atoms. The second-order valence-corrected chi connectivity index (χ2v) is 9.22. The van der Waals surface area contributed by atoms with Crippen LogP contribution in [0.5, 0.6) is 0 Å². The van der Waals surface area contributed by atoms with Gasteiger partial charge in [0, 0.05) is 33.9 Å². The highest BCUT2D eigenvalue weighted by Gasteiger charge is 2.30. The maximum Gasteiger partial charge on any atom is 0.0375 e. The lowest BCUT2D eigenvalue weighted by molar-refractivity contribution is 0.296. The topological polar surface area (TPSA) is 29.1 Å². The number of hydrogen-bond donors (Lipinski definition) is 1. The van der Waals surface area contributed by atoms with E-state index in [4.69, 9.17) is 0 Å². The SMILES string of the molecule is Cc1cccc(C2CC(NCC[S@](=O)C(C)(C)C)C2)c1. The molecule has 1 aromatic rings. The third-order valence-corrected chi connectivity index (χ3v) is 6.00. The first kappa shape index (κ1) is 15.7. The highest BCUT2D eigenvalue weighted by atomic mass is 32.2. The summed E-state index contributed by atoms with van der Waals surface area (Å²) in [6.07, 6.45) is 2.43. The van der Waals surface area contributed by atoms with E-state index in [9.17, 15) is 4.21 Å². The van der Waals surface area contributed by atoms with Crippen molar-refractivity contribution in [1.82, 2.24) is 5.32 Å². The first-order valence-corrected chi connectivity index (χ1v) is 8.86. The smallest absolute Gasteiger partial charge is 0.0375 e. The molecule has 3 heteroatoms. The van der Waals surface area contributed by atoms with Crippen molar-refractivity contribution in [2.75, 3.05) is 12.3 Å². The standard InChI is InChI=1S/C17H27NOS/c1-13-6-5-7-14(10-13)15-11-16(12-15)18-8-9-20(19)17(2,3)4/h5-7,10,15-16,18H,8-9,11-12H2,1-4H3/t15?,16?,20-/m0/s1. The maximum absolute atomic E-state index is 11.9. The van der Waals surface area contributed by atoms with E-state index in [0.29, 0.717) is 12.0 Å². The molecule has 1 N–H and O–H groups in total. The van der Waals surface area contributed by atoms with E-state index in [2.05, 4.69) is 36.5 Å². The predicted molar refractivity (Wildman–Crippen MR) is 87.7 cm³/mol. The molecule has 1 aliphatic rings. The van der Waals surface area contributed by atoms with Crippen LogP contribution in [-0.2, 0) is 10.8 Å². The van der Waals surface area contributed by atoms with E-state index in [1.165, 1.54) is 24.0 Å². The lowest BCUT2D eigenvalue weighted by Crippen LogP contribution is -2.42. The van der Waals surface area contributed by atoms with Gasteiger partial charge in [-0.2, -0.15) is 0 Å². The van der Waals surface area contributed by atoms with Crippen LogP contribution in [0.15, 0.2) is 24.3 Å². The number of aryl methyl sites for hydroxylation is 1. The quantitative estimate of drug-likeness (QED) is 0.902. The van der Waals surface area contributed by atoms with Crippen molar-refractivity contribution in [3.63, 3.8) is 0 Å². The van der Waals surface area contributed by atoms with Crippen molar-refractivity contribution in [3.05, 3.63) is 35.4 Å². The largest absolute Gasteiger partial charge is 0.313 e. The summed E-state index contributed by atoms with van der Waals surface area (Å²) in [5.41, 5.74) is 2.82. The molecule has 0 amide bonds. The summed E-state index contributed by atoms with van der Waals surface area (Å²) in [6, 6.07) is 9.45. The molecule has 2 nitrogen and oxygen atoms in total. The molecule has 0 saturated heterocycles. The van der Waals surface area contributed by atoms with E-state index in [1.54, 1.807) is 0 Å². The Hall–Kier alpha value is -0.670. The molecule has 0 bridgehead atoms.